The molecule has 0 fully saturated rings. The van der Waals surface area contributed by atoms with E-state index in [9.17, 15) is 18.0 Å². The fourth-order valence-corrected chi connectivity index (χ4v) is 5.04. The Bertz CT molecular complexity index is 1080. The van der Waals surface area contributed by atoms with Crippen molar-refractivity contribution in [3.8, 4) is 0 Å². The SMILES string of the molecule is CCN(CC)S(=O)(=O)c1cc(C(=O)OCC(=O)c2cc(C)c(C)cc2C)ccc1Cl. The van der Waals surface area contributed by atoms with Crippen molar-refractivity contribution in [2.75, 3.05) is 19.7 Å². The third kappa shape index (κ3) is 5.09. The van der Waals surface area contributed by atoms with Crippen LogP contribution in [0.1, 0.15) is 51.3 Å². The summed E-state index contributed by atoms with van der Waals surface area (Å²) >= 11 is 6.08. The van der Waals surface area contributed by atoms with Gasteiger partial charge in [-0.3, -0.25) is 4.79 Å². The highest BCUT2D eigenvalue weighted by atomic mass is 35.5. The Morgan fingerprint density at radius 1 is 0.967 bits per heavy atom. The van der Waals surface area contributed by atoms with Gasteiger partial charge in [-0.2, -0.15) is 4.31 Å². The first-order valence-corrected chi connectivity index (χ1v) is 11.4. The van der Waals surface area contributed by atoms with E-state index in [4.69, 9.17) is 16.3 Å². The van der Waals surface area contributed by atoms with E-state index in [1.165, 1.54) is 22.5 Å². The van der Waals surface area contributed by atoms with Gasteiger partial charge in [-0.25, -0.2) is 13.2 Å². The molecule has 0 radical (unpaired) electrons. The van der Waals surface area contributed by atoms with Crippen molar-refractivity contribution in [2.24, 2.45) is 0 Å². The molecule has 0 heterocycles. The number of hydrogen-bond acceptors (Lipinski definition) is 5. The van der Waals surface area contributed by atoms with Gasteiger partial charge in [-0.15, -0.1) is 0 Å². The molecular weight excluding hydrogens is 426 g/mol. The maximum absolute atomic E-state index is 12.8. The molecule has 0 atom stereocenters. The minimum absolute atomic E-state index is 0.00902. The van der Waals surface area contributed by atoms with Crippen molar-refractivity contribution in [1.29, 1.82) is 0 Å². The third-order valence-electron chi connectivity index (χ3n) is 4.97. The summed E-state index contributed by atoms with van der Waals surface area (Å²) in [6, 6.07) is 7.58. The molecule has 0 bridgehead atoms. The van der Waals surface area contributed by atoms with Crippen LogP contribution in [0, 0.1) is 20.8 Å². The highest BCUT2D eigenvalue weighted by Gasteiger charge is 2.26. The van der Waals surface area contributed by atoms with Crippen LogP contribution in [0.15, 0.2) is 35.2 Å². The zero-order valence-corrected chi connectivity index (χ0v) is 19.4. The number of hydrogen-bond donors (Lipinski definition) is 0. The summed E-state index contributed by atoms with van der Waals surface area (Å²) in [5.41, 5.74) is 3.35. The molecule has 2 rings (SSSR count). The summed E-state index contributed by atoms with van der Waals surface area (Å²) in [7, 11) is -3.85. The lowest BCUT2D eigenvalue weighted by atomic mass is 9.98. The molecule has 0 aliphatic carbocycles. The van der Waals surface area contributed by atoms with Gasteiger partial charge in [0, 0.05) is 18.7 Å². The summed E-state index contributed by atoms with van der Waals surface area (Å²) in [5, 5.41) is 0.0141. The number of nitrogens with zero attached hydrogens (tertiary/aromatic N) is 1. The van der Waals surface area contributed by atoms with Crippen molar-refractivity contribution >= 4 is 33.4 Å². The maximum Gasteiger partial charge on any atom is 0.338 e. The first-order chi connectivity index (χ1) is 14.0. The molecule has 2 aromatic rings. The maximum atomic E-state index is 12.8. The number of benzene rings is 2. The van der Waals surface area contributed by atoms with Crippen molar-refractivity contribution < 1.29 is 22.7 Å². The molecule has 162 valence electrons. The quantitative estimate of drug-likeness (QED) is 0.440. The second kappa shape index (κ2) is 9.73. The first-order valence-electron chi connectivity index (χ1n) is 9.60. The molecule has 6 nitrogen and oxygen atoms in total. The average Bonchev–Trinajstić information content (AvgIpc) is 2.69. The lowest BCUT2D eigenvalue weighted by Gasteiger charge is -2.19. The topological polar surface area (TPSA) is 80.8 Å². The normalized spacial score (nSPS) is 11.6. The summed E-state index contributed by atoms with van der Waals surface area (Å²) < 4.78 is 31.9. The average molecular weight is 452 g/mol. The van der Waals surface area contributed by atoms with Gasteiger partial charge >= 0.3 is 5.97 Å². The molecule has 0 aromatic heterocycles. The zero-order valence-electron chi connectivity index (χ0n) is 17.8. The molecule has 8 heteroatoms. The van der Waals surface area contributed by atoms with Crippen molar-refractivity contribution in [2.45, 2.75) is 39.5 Å². The molecule has 0 aliphatic rings. The van der Waals surface area contributed by atoms with E-state index >= 15 is 0 Å². The van der Waals surface area contributed by atoms with Crippen molar-refractivity contribution in [3.63, 3.8) is 0 Å². The molecule has 0 aliphatic heterocycles. The van der Waals surface area contributed by atoms with Gasteiger partial charge in [-0.05, 0) is 61.7 Å². The standard InChI is InChI=1S/C22H26ClNO5S/c1-6-24(7-2)30(27,28)21-12-17(8-9-19(21)23)22(26)29-13-20(25)18-11-15(4)14(3)10-16(18)5/h8-12H,6-7,13H2,1-5H3. The van der Waals surface area contributed by atoms with E-state index in [0.29, 0.717) is 5.56 Å². The molecule has 0 spiro atoms. The van der Waals surface area contributed by atoms with E-state index in [1.54, 1.807) is 19.9 Å². The van der Waals surface area contributed by atoms with Gasteiger partial charge in [0.2, 0.25) is 15.8 Å². The zero-order chi connectivity index (χ0) is 22.6. The summed E-state index contributed by atoms with van der Waals surface area (Å²) in [4.78, 5) is 24.8. The lowest BCUT2D eigenvalue weighted by molar-refractivity contribution is 0.0474. The predicted molar refractivity (Wildman–Crippen MR) is 117 cm³/mol. The van der Waals surface area contributed by atoms with Crippen LogP contribution in [-0.2, 0) is 14.8 Å². The molecule has 2 aromatic carbocycles. The molecule has 0 N–H and O–H groups in total. The highest BCUT2D eigenvalue weighted by Crippen LogP contribution is 2.26. The van der Waals surface area contributed by atoms with Crippen LogP contribution in [0.3, 0.4) is 0 Å². The third-order valence-corrected chi connectivity index (χ3v) is 7.50. The number of ether oxygens (including phenoxy) is 1. The van der Waals surface area contributed by atoms with Crippen LogP contribution in [0.25, 0.3) is 0 Å². The molecule has 0 saturated carbocycles. The Hall–Kier alpha value is -2.22. The van der Waals surface area contributed by atoms with Crippen LogP contribution in [0.2, 0.25) is 5.02 Å². The number of ketones is 1. The second-order valence-electron chi connectivity index (χ2n) is 6.99. The number of sulfonamides is 1. The number of aryl methyl sites for hydroxylation is 3. The van der Waals surface area contributed by atoms with E-state index in [2.05, 4.69) is 0 Å². The Kier molecular flexibility index (Phi) is 7.80. The molecule has 30 heavy (non-hydrogen) atoms. The van der Waals surface area contributed by atoms with Crippen LogP contribution >= 0.6 is 11.6 Å². The van der Waals surface area contributed by atoms with Gasteiger partial charge < -0.3 is 4.74 Å². The number of esters is 1. The Morgan fingerprint density at radius 3 is 2.17 bits per heavy atom. The van der Waals surface area contributed by atoms with Crippen LogP contribution in [-0.4, -0.2) is 44.2 Å². The van der Waals surface area contributed by atoms with Crippen LogP contribution in [0.5, 0.6) is 0 Å². The molecular formula is C22H26ClNO5S. The van der Waals surface area contributed by atoms with E-state index in [-0.39, 0.29) is 34.4 Å². The number of Topliss-reactive ketones (excluding diaryl/α,β-unsaturated/α-hetero) is 1. The monoisotopic (exact) mass is 451 g/mol. The fraction of sp³-hybridized carbons (Fsp3) is 0.364. The Labute approximate surface area is 182 Å². The largest absolute Gasteiger partial charge is 0.454 e. The van der Waals surface area contributed by atoms with E-state index < -0.39 is 22.6 Å². The number of carbonyl (C=O) groups excluding carboxylic acids is 2. The van der Waals surface area contributed by atoms with Gasteiger partial charge in [0.1, 0.15) is 4.90 Å². The predicted octanol–water partition coefficient (Wildman–Crippen LogP) is 4.34. The second-order valence-corrected chi connectivity index (χ2v) is 9.30. The fourth-order valence-electron chi connectivity index (χ4n) is 3.08. The molecule has 0 unspecified atom stereocenters. The van der Waals surface area contributed by atoms with E-state index in [0.717, 1.165) is 16.7 Å². The minimum atomic E-state index is -3.85. The van der Waals surface area contributed by atoms with Gasteiger partial charge in [-0.1, -0.05) is 31.5 Å². The number of rotatable bonds is 8. The Balaban J connectivity index is 2.22. The number of carbonyl (C=O) groups is 2. The van der Waals surface area contributed by atoms with Gasteiger partial charge in [0.05, 0.1) is 10.6 Å². The van der Waals surface area contributed by atoms with E-state index in [1.807, 2.05) is 26.8 Å². The molecule has 0 saturated heterocycles. The van der Waals surface area contributed by atoms with Crippen molar-refractivity contribution in [3.05, 3.63) is 63.2 Å². The molecule has 0 amide bonds. The van der Waals surface area contributed by atoms with Gasteiger partial charge in [0.25, 0.3) is 0 Å². The smallest absolute Gasteiger partial charge is 0.338 e. The number of halogens is 1. The van der Waals surface area contributed by atoms with Crippen LogP contribution < -0.4 is 0 Å². The van der Waals surface area contributed by atoms with Crippen LogP contribution in [0.4, 0.5) is 0 Å². The van der Waals surface area contributed by atoms with Gasteiger partial charge in [0.15, 0.2) is 6.61 Å². The minimum Gasteiger partial charge on any atom is -0.454 e. The lowest BCUT2D eigenvalue weighted by Crippen LogP contribution is -2.31. The summed E-state index contributed by atoms with van der Waals surface area (Å²) in [5.74, 6) is -1.12. The summed E-state index contributed by atoms with van der Waals surface area (Å²) in [6.45, 7) is 9.22. The highest BCUT2D eigenvalue weighted by molar-refractivity contribution is 7.89. The summed E-state index contributed by atoms with van der Waals surface area (Å²) in [6.07, 6.45) is 0. The Morgan fingerprint density at radius 2 is 1.57 bits per heavy atom. The first kappa shape index (κ1) is 24.1. The van der Waals surface area contributed by atoms with Crippen molar-refractivity contribution in [1.82, 2.24) is 4.31 Å².